The van der Waals surface area contributed by atoms with E-state index in [1.54, 1.807) is 11.1 Å². The molecule has 0 nitrogen and oxygen atoms in total. The Morgan fingerprint density at radius 3 is 1.20 bits per heavy atom. The number of alkyl halides is 3. The van der Waals surface area contributed by atoms with Gasteiger partial charge in [0.25, 0.3) is 0 Å². The van der Waals surface area contributed by atoms with Gasteiger partial charge < -0.3 is 14.4 Å². The second-order valence-corrected chi connectivity index (χ2v) is 16.4. The number of rotatable bonds is 8. The third-order valence-electron chi connectivity index (χ3n) is 12.2. The SMILES string of the molecule is CCc1ccc(-c2cccc3[cH-]c(CC4CCCCCC4)cc23)cc1.CCc1ccc(-c2cccc3[cH-]c(CC4CCCCCC4)cc23)cc1.Cl.Cl.[CH2-]CC(F)(F)F.[CH3-].[Si]=[Zr]. The van der Waals surface area contributed by atoms with E-state index in [1.807, 2.05) is 0 Å². The van der Waals surface area contributed by atoms with Crippen LogP contribution in [0.3, 0.4) is 0 Å². The Morgan fingerprint density at radius 1 is 0.574 bits per heavy atom. The van der Waals surface area contributed by atoms with Crippen LogP contribution in [0.5, 0.6) is 0 Å². The topological polar surface area (TPSA) is 0 Å². The molecule has 2 radical (unpaired) electrons. The first-order chi connectivity index (χ1) is 28.2. The minimum atomic E-state index is -4.07. The molecule has 8 rings (SSSR count). The molecule has 0 heterocycles. The molecular weight excluding hydrogens is 896 g/mol. The fourth-order valence-electron chi connectivity index (χ4n) is 8.98. The second kappa shape index (κ2) is 28.4. The molecule has 7 heteroatoms. The fourth-order valence-corrected chi connectivity index (χ4v) is 8.98. The molecule has 330 valence electrons. The molecule has 0 N–H and O–H groups in total. The Morgan fingerprint density at radius 2 is 0.902 bits per heavy atom. The Balaban J connectivity index is 0.000000344. The van der Waals surface area contributed by atoms with Crippen LogP contribution in [0.1, 0.15) is 120 Å². The van der Waals surface area contributed by atoms with E-state index in [-0.39, 0.29) is 32.2 Å². The van der Waals surface area contributed by atoms with Crippen LogP contribution in [0, 0.1) is 26.2 Å². The Kier molecular flexibility index (Phi) is 25.5. The quantitative estimate of drug-likeness (QED) is 0.0810. The van der Waals surface area contributed by atoms with Crippen molar-refractivity contribution in [3.63, 3.8) is 0 Å². The zero-order valence-corrected chi connectivity index (χ0v) is 41.8. The van der Waals surface area contributed by atoms with Gasteiger partial charge in [0, 0.05) is 0 Å². The minimum absolute atomic E-state index is 0. The van der Waals surface area contributed by atoms with Gasteiger partial charge in [0.15, 0.2) is 0 Å². The Labute approximate surface area is 396 Å². The molecule has 0 unspecified atom stereocenters. The van der Waals surface area contributed by atoms with Gasteiger partial charge in [-0.3, -0.25) is 0 Å². The van der Waals surface area contributed by atoms with Crippen molar-refractivity contribution in [3.8, 4) is 22.3 Å². The van der Waals surface area contributed by atoms with E-state index >= 15 is 0 Å². The zero-order chi connectivity index (χ0) is 41.3. The third-order valence-corrected chi connectivity index (χ3v) is 12.2. The zero-order valence-electron chi connectivity index (χ0n) is 36.7. The molecule has 2 aliphatic rings. The normalized spacial score (nSPS) is 14.5. The predicted octanol–water partition coefficient (Wildman–Crippen LogP) is 17.3. The molecular formula is C54H67Cl2F3SiZr-4. The molecule has 0 atom stereocenters. The van der Waals surface area contributed by atoms with Gasteiger partial charge in [-0.05, 0) is 59.8 Å². The molecule has 6 aromatic carbocycles. The van der Waals surface area contributed by atoms with Gasteiger partial charge in [-0.1, -0.05) is 169 Å². The molecule has 0 spiro atoms. The summed E-state index contributed by atoms with van der Waals surface area (Å²) in [4.78, 5) is 0. The van der Waals surface area contributed by atoms with E-state index in [9.17, 15) is 13.2 Å². The first-order valence-electron chi connectivity index (χ1n) is 21.9. The van der Waals surface area contributed by atoms with Crippen molar-refractivity contribution in [2.45, 2.75) is 129 Å². The number of hydrogen-bond donors (Lipinski definition) is 0. The molecule has 0 bridgehead atoms. The summed E-state index contributed by atoms with van der Waals surface area (Å²) < 4.78 is 32.2. The van der Waals surface area contributed by atoms with Crippen LogP contribution in [0.2, 0.25) is 0 Å². The molecule has 0 amide bonds. The van der Waals surface area contributed by atoms with Gasteiger partial charge in [-0.2, -0.15) is 25.3 Å². The van der Waals surface area contributed by atoms with E-state index in [2.05, 4.69) is 137 Å². The van der Waals surface area contributed by atoms with Gasteiger partial charge in [-0.15, -0.1) is 93.9 Å². The van der Waals surface area contributed by atoms with E-state index in [1.165, 1.54) is 168 Å². The van der Waals surface area contributed by atoms with Crippen LogP contribution in [0.4, 0.5) is 13.2 Å². The van der Waals surface area contributed by atoms with E-state index in [0.717, 1.165) is 24.7 Å². The summed E-state index contributed by atoms with van der Waals surface area (Å²) in [6.07, 6.45) is 16.9. The van der Waals surface area contributed by atoms with Gasteiger partial charge in [0.05, 0.1) is 0 Å². The predicted molar refractivity (Wildman–Crippen MR) is 261 cm³/mol. The standard InChI is InChI=1S/2C25H29.C3H4F3.CH3.2ClH.Si.Zr/c2*1-2-19-12-14-22(15-13-19)24-11-7-10-23-17-21(18-25(23)24)16-20-8-5-3-4-6-9-20;1-2-3(4,5)6;;;;;/h2*7,10-15,17-18,20H,2-6,8-9,16H2,1H3;1-2H2;1H3;2*1H;;/q4*-1;;;;. The molecule has 0 aliphatic heterocycles. The maximum atomic E-state index is 10.7. The van der Waals surface area contributed by atoms with Crippen LogP contribution in [-0.2, 0) is 49.0 Å². The molecule has 6 aromatic rings. The average Bonchev–Trinajstić information content (AvgIpc) is 3.64. The number of fused-ring (bicyclic) bond motifs is 2. The van der Waals surface area contributed by atoms with Crippen molar-refractivity contribution in [1.82, 2.24) is 0 Å². The monoisotopic (exact) mass is 960 g/mol. The third kappa shape index (κ3) is 16.9. The van der Waals surface area contributed by atoms with Crippen molar-refractivity contribution < 1.29 is 36.5 Å². The van der Waals surface area contributed by atoms with Crippen LogP contribution in [0.15, 0.2) is 109 Å². The summed E-state index contributed by atoms with van der Waals surface area (Å²) in [7, 11) is 0. The summed E-state index contributed by atoms with van der Waals surface area (Å²) in [5.74, 6) is 1.79. The Hall–Kier alpha value is -2.43. The summed E-state index contributed by atoms with van der Waals surface area (Å²) in [6, 6.07) is 41.5. The van der Waals surface area contributed by atoms with Crippen molar-refractivity contribution in [1.29, 1.82) is 0 Å². The summed E-state index contributed by atoms with van der Waals surface area (Å²) in [5.41, 5.74) is 11.3. The molecule has 2 fully saturated rings. The summed E-state index contributed by atoms with van der Waals surface area (Å²) in [5, 5.41) is 5.66. The van der Waals surface area contributed by atoms with Crippen LogP contribution >= 0.6 is 24.8 Å². The summed E-state index contributed by atoms with van der Waals surface area (Å²) in [6.45, 7) is 10.1. The number of aryl methyl sites for hydroxylation is 2. The van der Waals surface area contributed by atoms with Gasteiger partial charge >= 0.3 is 36.4 Å². The molecule has 0 aromatic heterocycles. The van der Waals surface area contributed by atoms with Gasteiger partial charge in [-0.25, -0.2) is 0 Å². The first kappa shape index (κ1) is 54.7. The maximum absolute atomic E-state index is 10.7. The first-order valence-corrected chi connectivity index (χ1v) is 26.1. The van der Waals surface area contributed by atoms with Crippen molar-refractivity contribution >= 4 is 53.2 Å². The molecule has 0 saturated heterocycles. The van der Waals surface area contributed by atoms with Crippen LogP contribution in [-0.4, -0.2) is 13.1 Å². The number of hydrogen-bond acceptors (Lipinski definition) is 0. The fraction of sp³-hybridized carbons (Fsp3) is 0.407. The van der Waals surface area contributed by atoms with E-state index < -0.39 is 12.6 Å². The van der Waals surface area contributed by atoms with Gasteiger partial charge in [0.2, 0.25) is 0 Å². The molecule has 2 saturated carbocycles. The van der Waals surface area contributed by atoms with Gasteiger partial charge in [0.1, 0.15) is 0 Å². The van der Waals surface area contributed by atoms with E-state index in [4.69, 9.17) is 0 Å². The Bertz CT molecular complexity index is 1940. The number of halogens is 5. The number of benzene rings is 4. The second-order valence-electron chi connectivity index (χ2n) is 16.4. The van der Waals surface area contributed by atoms with Crippen molar-refractivity contribution in [2.75, 3.05) is 0 Å². The van der Waals surface area contributed by atoms with Crippen LogP contribution in [0.25, 0.3) is 43.8 Å². The average molecular weight is 963 g/mol. The van der Waals surface area contributed by atoms with Crippen LogP contribution < -0.4 is 0 Å². The van der Waals surface area contributed by atoms with E-state index in [0.29, 0.717) is 0 Å². The molecule has 61 heavy (non-hydrogen) atoms. The summed E-state index contributed by atoms with van der Waals surface area (Å²) >= 11 is 1.36. The van der Waals surface area contributed by atoms with Crippen molar-refractivity contribution in [2.24, 2.45) is 11.8 Å². The molecule has 2 aliphatic carbocycles. The van der Waals surface area contributed by atoms with Crippen molar-refractivity contribution in [3.05, 3.63) is 146 Å².